The minimum absolute atomic E-state index is 0.0548. The molecule has 0 atom stereocenters. The van der Waals surface area contributed by atoms with Gasteiger partial charge in [0.2, 0.25) is 5.91 Å². The number of nitro groups is 1. The Balaban J connectivity index is 2.18. The van der Waals surface area contributed by atoms with E-state index >= 15 is 0 Å². The first kappa shape index (κ1) is 20.3. The number of nitro benzene ring substituents is 1. The summed E-state index contributed by atoms with van der Waals surface area (Å²) in [5.74, 6) is -0.925. The van der Waals surface area contributed by atoms with Crippen molar-refractivity contribution in [3.8, 4) is 0 Å². The van der Waals surface area contributed by atoms with E-state index in [2.05, 4.69) is 5.32 Å². The summed E-state index contributed by atoms with van der Waals surface area (Å²) in [7, 11) is 0. The second-order valence-electron chi connectivity index (χ2n) is 6.12. The van der Waals surface area contributed by atoms with Gasteiger partial charge in [0, 0.05) is 23.1 Å². The standard InChI is InChI=1S/C19H20N2O5S/c1-11(2)26-19(23)17-12(3)13(4)27-18(17)20-16(22)9-8-14-6-5-7-15(10-14)21(24)25/h5-11H,1-4H3,(H,20,22)/b9-8+. The molecule has 0 aliphatic rings. The van der Waals surface area contributed by atoms with Crippen LogP contribution in [0.1, 0.15) is 40.2 Å². The minimum Gasteiger partial charge on any atom is -0.459 e. The number of amides is 1. The SMILES string of the molecule is Cc1sc(NC(=O)/C=C/c2cccc([N+](=O)[O-])c2)c(C(=O)OC(C)C)c1C. The fraction of sp³-hybridized carbons (Fsp3) is 0.263. The van der Waals surface area contributed by atoms with Gasteiger partial charge < -0.3 is 10.1 Å². The highest BCUT2D eigenvalue weighted by Gasteiger charge is 2.22. The minimum atomic E-state index is -0.499. The number of ether oxygens (including phenoxy) is 1. The van der Waals surface area contributed by atoms with Crippen molar-refractivity contribution in [1.82, 2.24) is 0 Å². The van der Waals surface area contributed by atoms with Gasteiger partial charge in [-0.05, 0) is 44.9 Å². The number of carbonyl (C=O) groups is 2. The van der Waals surface area contributed by atoms with E-state index in [9.17, 15) is 19.7 Å². The lowest BCUT2D eigenvalue weighted by Crippen LogP contribution is -2.15. The smallest absolute Gasteiger partial charge is 0.341 e. The number of rotatable bonds is 6. The van der Waals surface area contributed by atoms with E-state index in [0.29, 0.717) is 16.1 Å². The highest BCUT2D eigenvalue weighted by atomic mass is 32.1. The average Bonchev–Trinajstić information content (AvgIpc) is 2.86. The predicted octanol–water partition coefficient (Wildman–Crippen LogP) is 4.49. The first-order valence-electron chi connectivity index (χ1n) is 8.23. The normalized spacial score (nSPS) is 11.0. The number of thiophene rings is 1. The number of esters is 1. The number of carbonyl (C=O) groups excluding carboxylic acids is 2. The van der Waals surface area contributed by atoms with Crippen molar-refractivity contribution in [2.45, 2.75) is 33.8 Å². The van der Waals surface area contributed by atoms with Crippen LogP contribution < -0.4 is 5.32 Å². The fourth-order valence-corrected chi connectivity index (χ4v) is 3.35. The summed E-state index contributed by atoms with van der Waals surface area (Å²) in [4.78, 5) is 35.8. The van der Waals surface area contributed by atoms with E-state index in [4.69, 9.17) is 4.74 Å². The molecule has 1 N–H and O–H groups in total. The van der Waals surface area contributed by atoms with E-state index in [1.54, 1.807) is 32.9 Å². The second kappa shape index (κ2) is 8.59. The Morgan fingerprint density at radius 3 is 2.63 bits per heavy atom. The van der Waals surface area contributed by atoms with Gasteiger partial charge in [0.15, 0.2) is 0 Å². The van der Waals surface area contributed by atoms with Crippen LogP contribution in [0.3, 0.4) is 0 Å². The summed E-state index contributed by atoms with van der Waals surface area (Å²) in [6.45, 7) is 7.18. The Labute approximate surface area is 160 Å². The summed E-state index contributed by atoms with van der Waals surface area (Å²) in [6.07, 6.45) is 2.47. The van der Waals surface area contributed by atoms with Crippen LogP contribution in [0.15, 0.2) is 30.3 Å². The molecule has 2 rings (SSSR count). The lowest BCUT2D eigenvalue weighted by Gasteiger charge is -2.09. The Morgan fingerprint density at radius 1 is 1.30 bits per heavy atom. The Bertz CT molecular complexity index is 915. The summed E-state index contributed by atoms with van der Waals surface area (Å²) < 4.78 is 5.25. The first-order valence-corrected chi connectivity index (χ1v) is 9.05. The maximum absolute atomic E-state index is 12.3. The average molecular weight is 388 g/mol. The predicted molar refractivity (Wildman–Crippen MR) is 105 cm³/mol. The van der Waals surface area contributed by atoms with Crippen molar-refractivity contribution < 1.29 is 19.2 Å². The van der Waals surface area contributed by atoms with Gasteiger partial charge in [-0.25, -0.2) is 4.79 Å². The van der Waals surface area contributed by atoms with E-state index < -0.39 is 16.8 Å². The topological polar surface area (TPSA) is 98.5 Å². The van der Waals surface area contributed by atoms with Crippen molar-refractivity contribution in [3.05, 3.63) is 62.0 Å². The number of hydrogen-bond acceptors (Lipinski definition) is 6. The van der Waals surface area contributed by atoms with Crippen LogP contribution in [0.5, 0.6) is 0 Å². The van der Waals surface area contributed by atoms with E-state index in [1.165, 1.54) is 35.6 Å². The molecule has 1 amide bonds. The quantitative estimate of drug-likeness (QED) is 0.340. The van der Waals surface area contributed by atoms with E-state index in [0.717, 1.165) is 10.4 Å². The van der Waals surface area contributed by atoms with Crippen LogP contribution in [0, 0.1) is 24.0 Å². The van der Waals surface area contributed by atoms with Crippen molar-refractivity contribution in [2.75, 3.05) is 5.32 Å². The van der Waals surface area contributed by atoms with Gasteiger partial charge >= 0.3 is 5.97 Å². The Morgan fingerprint density at radius 2 is 2.00 bits per heavy atom. The molecule has 1 aromatic heterocycles. The van der Waals surface area contributed by atoms with Gasteiger partial charge in [0.05, 0.1) is 16.6 Å². The molecule has 0 saturated carbocycles. The molecule has 1 aromatic carbocycles. The molecule has 0 unspecified atom stereocenters. The molecule has 0 aliphatic heterocycles. The van der Waals surface area contributed by atoms with Crippen molar-refractivity contribution in [1.29, 1.82) is 0 Å². The first-order chi connectivity index (χ1) is 12.7. The summed E-state index contributed by atoms with van der Waals surface area (Å²) in [6, 6.07) is 5.94. The number of hydrogen-bond donors (Lipinski definition) is 1. The zero-order chi connectivity index (χ0) is 20.1. The lowest BCUT2D eigenvalue weighted by atomic mass is 10.1. The second-order valence-corrected chi connectivity index (χ2v) is 7.34. The summed E-state index contributed by atoms with van der Waals surface area (Å²) >= 11 is 1.30. The Kier molecular flexibility index (Phi) is 6.46. The van der Waals surface area contributed by atoms with Gasteiger partial charge in [0.25, 0.3) is 5.69 Å². The van der Waals surface area contributed by atoms with Crippen molar-refractivity contribution >= 4 is 40.0 Å². The Hall–Kier alpha value is -3.00. The van der Waals surface area contributed by atoms with Gasteiger partial charge in [-0.2, -0.15) is 0 Å². The number of nitrogens with one attached hydrogen (secondary N) is 1. The molecule has 0 radical (unpaired) electrons. The third-order valence-electron chi connectivity index (χ3n) is 3.68. The van der Waals surface area contributed by atoms with Crippen molar-refractivity contribution in [2.24, 2.45) is 0 Å². The van der Waals surface area contributed by atoms with Crippen molar-refractivity contribution in [3.63, 3.8) is 0 Å². The molecule has 0 saturated heterocycles. The van der Waals surface area contributed by atoms with Crippen LogP contribution in [0.4, 0.5) is 10.7 Å². The molecule has 0 bridgehead atoms. The van der Waals surface area contributed by atoms with Crippen LogP contribution in [0.25, 0.3) is 6.08 Å². The van der Waals surface area contributed by atoms with Crippen LogP contribution >= 0.6 is 11.3 Å². The molecule has 27 heavy (non-hydrogen) atoms. The third-order valence-corrected chi connectivity index (χ3v) is 4.80. The molecule has 8 heteroatoms. The molecule has 7 nitrogen and oxygen atoms in total. The summed E-state index contributed by atoms with van der Waals surface area (Å²) in [5.41, 5.74) is 1.59. The molecule has 142 valence electrons. The van der Waals surface area contributed by atoms with Crippen LogP contribution in [-0.2, 0) is 9.53 Å². The summed E-state index contributed by atoms with van der Waals surface area (Å²) in [5, 5.41) is 13.9. The molecular formula is C19H20N2O5S. The third kappa shape index (κ3) is 5.24. The zero-order valence-corrected chi connectivity index (χ0v) is 16.3. The zero-order valence-electron chi connectivity index (χ0n) is 15.4. The molecular weight excluding hydrogens is 368 g/mol. The molecule has 0 fully saturated rings. The number of nitrogens with zero attached hydrogens (tertiary/aromatic N) is 1. The molecule has 0 aliphatic carbocycles. The fourth-order valence-electron chi connectivity index (χ4n) is 2.30. The lowest BCUT2D eigenvalue weighted by molar-refractivity contribution is -0.384. The van der Waals surface area contributed by atoms with Gasteiger partial charge in [-0.1, -0.05) is 12.1 Å². The van der Waals surface area contributed by atoms with E-state index in [1.807, 2.05) is 6.92 Å². The number of benzene rings is 1. The number of aryl methyl sites for hydroxylation is 1. The van der Waals surface area contributed by atoms with E-state index in [-0.39, 0.29) is 11.8 Å². The molecule has 0 spiro atoms. The van der Waals surface area contributed by atoms with Crippen LogP contribution in [0.2, 0.25) is 0 Å². The maximum atomic E-state index is 12.3. The largest absolute Gasteiger partial charge is 0.459 e. The highest BCUT2D eigenvalue weighted by Crippen LogP contribution is 2.33. The van der Waals surface area contributed by atoms with Gasteiger partial charge in [-0.3, -0.25) is 14.9 Å². The van der Waals surface area contributed by atoms with Gasteiger partial charge in [-0.15, -0.1) is 11.3 Å². The molecule has 1 heterocycles. The number of non-ortho nitro benzene ring substituents is 1. The number of anilines is 1. The maximum Gasteiger partial charge on any atom is 0.341 e. The molecule has 2 aromatic rings. The monoisotopic (exact) mass is 388 g/mol. The highest BCUT2D eigenvalue weighted by molar-refractivity contribution is 7.16. The van der Waals surface area contributed by atoms with Crippen LogP contribution in [-0.4, -0.2) is 22.9 Å². The van der Waals surface area contributed by atoms with Gasteiger partial charge in [0.1, 0.15) is 5.00 Å².